The number of carbonyl (C=O) groups excluding carboxylic acids is 2. The highest BCUT2D eigenvalue weighted by atomic mass is 16.3. The highest BCUT2D eigenvalue weighted by Crippen LogP contribution is 2.23. The Morgan fingerprint density at radius 2 is 2.06 bits per heavy atom. The van der Waals surface area contributed by atoms with E-state index in [0.717, 1.165) is 36.0 Å². The zero-order valence-corrected chi connectivity index (χ0v) is 17.8. The van der Waals surface area contributed by atoms with Crippen LogP contribution in [0.5, 0.6) is 0 Å². The molecule has 0 fully saturated rings. The van der Waals surface area contributed by atoms with Crippen LogP contribution < -0.4 is 10.6 Å². The number of nitrogens with one attached hydrogen (secondary N) is 2. The minimum atomic E-state index is -0.478. The maximum absolute atomic E-state index is 13.0. The van der Waals surface area contributed by atoms with E-state index in [1.54, 1.807) is 30.7 Å². The molecule has 0 radical (unpaired) electrons. The minimum absolute atomic E-state index is 0.139. The third-order valence-electron chi connectivity index (χ3n) is 5.14. The van der Waals surface area contributed by atoms with Crippen LogP contribution in [-0.4, -0.2) is 32.5 Å². The van der Waals surface area contributed by atoms with Gasteiger partial charge in [0.2, 0.25) is 0 Å². The van der Waals surface area contributed by atoms with Gasteiger partial charge in [-0.2, -0.15) is 0 Å². The molecule has 32 heavy (non-hydrogen) atoms. The summed E-state index contributed by atoms with van der Waals surface area (Å²) in [4.78, 5) is 29.6. The maximum atomic E-state index is 13.0. The fraction of sp³-hybridized carbons (Fsp3) is 0.208. The topological polar surface area (TPSA) is 94.1 Å². The Balaban J connectivity index is 1.56. The van der Waals surface area contributed by atoms with Crippen LogP contribution in [0.4, 0.5) is 0 Å². The van der Waals surface area contributed by atoms with Gasteiger partial charge in [-0.3, -0.25) is 9.59 Å². The van der Waals surface area contributed by atoms with Gasteiger partial charge in [0.25, 0.3) is 11.8 Å². The number of hydrogen-bond donors (Lipinski definition) is 2. The van der Waals surface area contributed by atoms with Gasteiger partial charge in [-0.1, -0.05) is 18.2 Å². The number of imidazole rings is 1. The molecule has 8 nitrogen and oxygen atoms in total. The van der Waals surface area contributed by atoms with Crippen molar-refractivity contribution in [1.82, 2.24) is 24.8 Å². The summed E-state index contributed by atoms with van der Waals surface area (Å²) in [5.41, 5.74) is 2.08. The number of carbonyl (C=O) groups is 2. The first-order chi connectivity index (χ1) is 15.7. The lowest BCUT2D eigenvalue weighted by Gasteiger charge is -2.10. The number of hydrogen-bond acceptors (Lipinski definition) is 4. The van der Waals surface area contributed by atoms with Crippen LogP contribution in [0.3, 0.4) is 0 Å². The molecule has 0 saturated heterocycles. The van der Waals surface area contributed by atoms with Gasteiger partial charge in [0.15, 0.2) is 5.76 Å². The Morgan fingerprint density at radius 1 is 1.19 bits per heavy atom. The van der Waals surface area contributed by atoms with E-state index < -0.39 is 5.91 Å². The average molecular weight is 431 g/mol. The Morgan fingerprint density at radius 3 is 2.81 bits per heavy atom. The van der Waals surface area contributed by atoms with Crippen molar-refractivity contribution in [3.8, 4) is 0 Å². The molecule has 0 unspecified atom stereocenters. The number of benzene rings is 1. The van der Waals surface area contributed by atoms with Crippen molar-refractivity contribution < 1.29 is 14.0 Å². The van der Waals surface area contributed by atoms with E-state index in [1.807, 2.05) is 41.2 Å². The van der Waals surface area contributed by atoms with Crippen LogP contribution in [0, 0.1) is 0 Å². The first kappa shape index (κ1) is 21.2. The molecule has 4 rings (SSSR count). The predicted octanol–water partition coefficient (Wildman–Crippen LogP) is 3.43. The smallest absolute Gasteiger partial charge is 0.291 e. The van der Waals surface area contributed by atoms with Crippen LogP contribution in [-0.2, 0) is 17.9 Å². The largest absolute Gasteiger partial charge is 0.459 e. The van der Waals surface area contributed by atoms with Gasteiger partial charge in [-0.25, -0.2) is 4.98 Å². The van der Waals surface area contributed by atoms with Crippen molar-refractivity contribution in [2.45, 2.75) is 26.4 Å². The molecule has 8 heteroatoms. The molecule has 0 aliphatic rings. The lowest BCUT2D eigenvalue weighted by atomic mass is 10.1. The molecule has 3 heterocycles. The van der Waals surface area contributed by atoms with Gasteiger partial charge >= 0.3 is 0 Å². The van der Waals surface area contributed by atoms with Gasteiger partial charge in [-0.15, -0.1) is 0 Å². The fourth-order valence-corrected chi connectivity index (χ4v) is 3.54. The number of rotatable bonds is 9. The van der Waals surface area contributed by atoms with E-state index in [9.17, 15) is 9.59 Å². The Hall–Kier alpha value is -4.07. The molecule has 0 aliphatic carbocycles. The molecule has 1 aromatic carbocycles. The molecule has 0 atom stereocenters. The lowest BCUT2D eigenvalue weighted by molar-refractivity contribution is -0.117. The summed E-state index contributed by atoms with van der Waals surface area (Å²) >= 11 is 0. The lowest BCUT2D eigenvalue weighted by Crippen LogP contribution is -2.35. The highest BCUT2D eigenvalue weighted by Gasteiger charge is 2.17. The number of amides is 2. The molecular weight excluding hydrogens is 406 g/mol. The first-order valence-electron chi connectivity index (χ1n) is 10.5. The number of aryl methyl sites for hydroxylation is 2. The standard InChI is InChI=1S/C24H25N5O3/c1-2-29-16-18(19-7-3-4-8-21(19)29)15-20(27-24(31)22-9-5-14-32-22)23(30)26-10-6-12-28-13-11-25-17-28/h3-5,7-9,11,13-17H,2,6,10,12H2,1H3,(H,26,30)(H,27,31)/b20-15-. The molecule has 164 valence electrons. The van der Waals surface area contributed by atoms with Gasteiger partial charge < -0.3 is 24.2 Å². The monoisotopic (exact) mass is 431 g/mol. The third-order valence-corrected chi connectivity index (χ3v) is 5.14. The molecule has 3 aromatic heterocycles. The normalized spacial score (nSPS) is 11.6. The van der Waals surface area contributed by atoms with Crippen molar-refractivity contribution in [1.29, 1.82) is 0 Å². The second kappa shape index (κ2) is 9.82. The molecule has 0 aliphatic heterocycles. The van der Waals surface area contributed by atoms with E-state index in [-0.39, 0.29) is 17.4 Å². The Labute approximate surface area is 185 Å². The Bertz CT molecular complexity index is 1220. The van der Waals surface area contributed by atoms with Crippen LogP contribution in [0.25, 0.3) is 17.0 Å². The van der Waals surface area contributed by atoms with Crippen molar-refractivity contribution in [2.24, 2.45) is 0 Å². The second-order valence-corrected chi connectivity index (χ2v) is 7.29. The molecule has 2 amide bonds. The summed E-state index contributed by atoms with van der Waals surface area (Å²) in [6, 6.07) is 11.2. The summed E-state index contributed by atoms with van der Waals surface area (Å²) in [7, 11) is 0. The van der Waals surface area contributed by atoms with E-state index in [0.29, 0.717) is 6.54 Å². The van der Waals surface area contributed by atoms with Gasteiger partial charge in [0, 0.05) is 54.7 Å². The van der Waals surface area contributed by atoms with E-state index in [4.69, 9.17) is 4.42 Å². The zero-order valence-electron chi connectivity index (χ0n) is 17.8. The van der Waals surface area contributed by atoms with Crippen molar-refractivity contribution in [2.75, 3.05) is 6.54 Å². The quantitative estimate of drug-likeness (QED) is 0.314. The van der Waals surface area contributed by atoms with E-state index in [1.165, 1.54) is 6.26 Å². The summed E-state index contributed by atoms with van der Waals surface area (Å²) < 4.78 is 9.23. The number of furan rings is 1. The molecule has 0 bridgehead atoms. The summed E-state index contributed by atoms with van der Waals surface area (Å²) in [6.07, 6.45) is 11.2. The van der Waals surface area contributed by atoms with Gasteiger partial charge in [0.05, 0.1) is 12.6 Å². The van der Waals surface area contributed by atoms with Gasteiger partial charge in [0.1, 0.15) is 5.70 Å². The molecule has 0 saturated carbocycles. The van der Waals surface area contributed by atoms with Crippen molar-refractivity contribution >= 4 is 28.8 Å². The summed E-state index contributed by atoms with van der Waals surface area (Å²) in [6.45, 7) is 4.05. The second-order valence-electron chi connectivity index (χ2n) is 7.29. The average Bonchev–Trinajstić information content (AvgIpc) is 3.58. The van der Waals surface area contributed by atoms with E-state index in [2.05, 4.69) is 27.1 Å². The number of nitrogens with zero attached hydrogens (tertiary/aromatic N) is 3. The maximum Gasteiger partial charge on any atom is 0.291 e. The first-order valence-corrected chi connectivity index (χ1v) is 10.5. The van der Waals surface area contributed by atoms with Crippen LogP contribution in [0.2, 0.25) is 0 Å². The third kappa shape index (κ3) is 4.80. The van der Waals surface area contributed by atoms with E-state index >= 15 is 0 Å². The van der Waals surface area contributed by atoms with Crippen LogP contribution in [0.1, 0.15) is 29.5 Å². The SMILES string of the molecule is CCn1cc(/C=C(\NC(=O)c2ccco2)C(=O)NCCCn2ccnc2)c2ccccc21. The predicted molar refractivity (Wildman–Crippen MR) is 122 cm³/mol. The number of para-hydroxylation sites is 1. The number of fused-ring (bicyclic) bond motifs is 1. The molecular formula is C24H25N5O3. The fourth-order valence-electron chi connectivity index (χ4n) is 3.54. The minimum Gasteiger partial charge on any atom is -0.459 e. The molecule has 4 aromatic rings. The van der Waals surface area contributed by atoms with Gasteiger partial charge in [-0.05, 0) is 37.6 Å². The zero-order chi connectivity index (χ0) is 22.3. The summed E-state index contributed by atoms with van der Waals surface area (Å²) in [5.74, 6) is -0.697. The van der Waals surface area contributed by atoms with Crippen molar-refractivity contribution in [3.63, 3.8) is 0 Å². The molecule has 0 spiro atoms. The molecule has 2 N–H and O–H groups in total. The number of aromatic nitrogens is 3. The Kier molecular flexibility index (Phi) is 6.50. The van der Waals surface area contributed by atoms with Crippen LogP contribution in [0.15, 0.2) is 77.7 Å². The summed E-state index contributed by atoms with van der Waals surface area (Å²) in [5, 5.41) is 6.60. The van der Waals surface area contributed by atoms with Crippen LogP contribution >= 0.6 is 0 Å². The highest BCUT2D eigenvalue weighted by molar-refractivity contribution is 6.05. The van der Waals surface area contributed by atoms with Crippen molar-refractivity contribution in [3.05, 3.63) is 84.6 Å².